The third kappa shape index (κ3) is 3.47. The fourth-order valence-electron chi connectivity index (χ4n) is 2.40. The first-order valence-electron chi connectivity index (χ1n) is 7.53. The van der Waals surface area contributed by atoms with Crippen molar-refractivity contribution in [3.63, 3.8) is 0 Å². The Bertz CT molecular complexity index is 805. The summed E-state index contributed by atoms with van der Waals surface area (Å²) in [6.07, 6.45) is 0.358. The lowest BCUT2D eigenvalue weighted by Crippen LogP contribution is -2.29. The van der Waals surface area contributed by atoms with E-state index >= 15 is 0 Å². The Morgan fingerprint density at radius 2 is 1.52 bits per heavy atom. The molecule has 2 aromatic rings. The van der Waals surface area contributed by atoms with Gasteiger partial charge in [0.25, 0.3) is 6.29 Å². The minimum Gasteiger partial charge on any atom is -0.493 e. The van der Waals surface area contributed by atoms with Gasteiger partial charge in [0.05, 0.1) is 14.2 Å². The molecule has 1 aliphatic rings. The molecule has 2 aromatic carbocycles. The lowest BCUT2D eigenvalue weighted by atomic mass is 10.1. The van der Waals surface area contributed by atoms with Crippen molar-refractivity contribution in [3.8, 4) is 11.5 Å². The molecule has 1 fully saturated rings. The van der Waals surface area contributed by atoms with Gasteiger partial charge in [-0.2, -0.15) is 0 Å². The standard InChI is InChI=1S/C19H16O6/c1-22-15-9-8-12(11-16(15)23-2)10-14-17(20)24-19(25-18(14)21)13-6-4-3-5-7-13/h3-11,19H,1-2H3. The maximum atomic E-state index is 12.2. The highest BCUT2D eigenvalue weighted by atomic mass is 16.7. The van der Waals surface area contributed by atoms with Crippen LogP contribution in [0.15, 0.2) is 54.1 Å². The second kappa shape index (κ2) is 7.09. The number of esters is 2. The Balaban J connectivity index is 1.85. The smallest absolute Gasteiger partial charge is 0.348 e. The van der Waals surface area contributed by atoms with E-state index in [4.69, 9.17) is 18.9 Å². The van der Waals surface area contributed by atoms with Crippen LogP contribution in [0, 0.1) is 0 Å². The number of benzene rings is 2. The van der Waals surface area contributed by atoms with Crippen molar-refractivity contribution < 1.29 is 28.5 Å². The molecule has 128 valence electrons. The third-order valence-corrected chi connectivity index (χ3v) is 3.66. The topological polar surface area (TPSA) is 71.1 Å². The maximum absolute atomic E-state index is 12.2. The van der Waals surface area contributed by atoms with Gasteiger partial charge in [-0.25, -0.2) is 9.59 Å². The summed E-state index contributed by atoms with van der Waals surface area (Å²) in [5.41, 5.74) is 0.994. The summed E-state index contributed by atoms with van der Waals surface area (Å²) in [5, 5.41) is 0. The predicted octanol–water partition coefficient (Wildman–Crippen LogP) is 2.89. The molecule has 0 radical (unpaired) electrons. The van der Waals surface area contributed by atoms with E-state index in [0.29, 0.717) is 22.6 Å². The van der Waals surface area contributed by atoms with Gasteiger partial charge < -0.3 is 18.9 Å². The van der Waals surface area contributed by atoms with Crippen LogP contribution in [0.3, 0.4) is 0 Å². The quantitative estimate of drug-likeness (QED) is 0.484. The molecular formula is C19H16O6. The van der Waals surface area contributed by atoms with Gasteiger partial charge in [0, 0.05) is 5.56 Å². The molecule has 0 bridgehead atoms. The minimum atomic E-state index is -1.04. The van der Waals surface area contributed by atoms with Crippen LogP contribution in [0.1, 0.15) is 17.4 Å². The van der Waals surface area contributed by atoms with Crippen molar-refractivity contribution in [2.45, 2.75) is 6.29 Å². The first kappa shape index (κ1) is 16.6. The summed E-state index contributed by atoms with van der Waals surface area (Å²) in [6, 6.07) is 13.8. The third-order valence-electron chi connectivity index (χ3n) is 3.66. The normalized spacial score (nSPS) is 16.7. The average molecular weight is 340 g/mol. The Labute approximate surface area is 144 Å². The van der Waals surface area contributed by atoms with E-state index in [2.05, 4.69) is 0 Å². The van der Waals surface area contributed by atoms with E-state index in [1.165, 1.54) is 20.3 Å². The van der Waals surface area contributed by atoms with Crippen LogP contribution in [0.25, 0.3) is 6.08 Å². The van der Waals surface area contributed by atoms with Crippen LogP contribution in [0.5, 0.6) is 11.5 Å². The molecular weight excluding hydrogens is 324 g/mol. The number of methoxy groups -OCH3 is 2. The molecule has 0 aromatic heterocycles. The largest absolute Gasteiger partial charge is 0.493 e. The predicted molar refractivity (Wildman–Crippen MR) is 88.9 cm³/mol. The molecule has 6 heteroatoms. The molecule has 6 nitrogen and oxygen atoms in total. The minimum absolute atomic E-state index is 0.181. The van der Waals surface area contributed by atoms with Gasteiger partial charge in [0.2, 0.25) is 0 Å². The molecule has 0 saturated carbocycles. The van der Waals surface area contributed by atoms with Crippen molar-refractivity contribution in [2.75, 3.05) is 14.2 Å². The second-order valence-corrected chi connectivity index (χ2v) is 5.23. The van der Waals surface area contributed by atoms with Gasteiger partial charge in [-0.15, -0.1) is 0 Å². The molecule has 3 rings (SSSR count). The number of hydrogen-bond donors (Lipinski definition) is 0. The highest BCUT2D eigenvalue weighted by Crippen LogP contribution is 2.31. The van der Waals surface area contributed by atoms with Crippen molar-refractivity contribution >= 4 is 18.0 Å². The summed E-state index contributed by atoms with van der Waals surface area (Å²) >= 11 is 0. The summed E-state index contributed by atoms with van der Waals surface area (Å²) in [6.45, 7) is 0. The van der Waals surface area contributed by atoms with Gasteiger partial charge in [-0.1, -0.05) is 36.4 Å². The van der Waals surface area contributed by atoms with Crippen LogP contribution >= 0.6 is 0 Å². The van der Waals surface area contributed by atoms with E-state index in [1.54, 1.807) is 42.5 Å². The Morgan fingerprint density at radius 1 is 0.880 bits per heavy atom. The van der Waals surface area contributed by atoms with E-state index in [0.717, 1.165) is 0 Å². The van der Waals surface area contributed by atoms with Crippen LogP contribution in [0.2, 0.25) is 0 Å². The van der Waals surface area contributed by atoms with Gasteiger partial charge in [-0.05, 0) is 23.8 Å². The monoisotopic (exact) mass is 340 g/mol. The molecule has 0 N–H and O–H groups in total. The number of rotatable bonds is 4. The zero-order valence-electron chi connectivity index (χ0n) is 13.7. The Hall–Kier alpha value is -3.28. The van der Waals surface area contributed by atoms with E-state index < -0.39 is 18.2 Å². The number of carbonyl (C=O) groups is 2. The zero-order chi connectivity index (χ0) is 17.8. The van der Waals surface area contributed by atoms with Crippen LogP contribution < -0.4 is 9.47 Å². The molecule has 1 heterocycles. The Morgan fingerprint density at radius 3 is 2.12 bits per heavy atom. The fraction of sp³-hybridized carbons (Fsp3) is 0.158. The molecule has 0 unspecified atom stereocenters. The SMILES string of the molecule is COc1ccc(C=C2C(=O)OC(c3ccccc3)OC2=O)cc1OC. The van der Waals surface area contributed by atoms with Crippen LogP contribution in [-0.4, -0.2) is 26.2 Å². The molecule has 1 saturated heterocycles. The maximum Gasteiger partial charge on any atom is 0.348 e. The molecule has 1 aliphatic heterocycles. The number of carbonyl (C=O) groups excluding carboxylic acids is 2. The molecule has 0 amide bonds. The summed E-state index contributed by atoms with van der Waals surface area (Å²) in [4.78, 5) is 24.4. The van der Waals surface area contributed by atoms with Crippen molar-refractivity contribution in [2.24, 2.45) is 0 Å². The van der Waals surface area contributed by atoms with E-state index in [1.807, 2.05) is 6.07 Å². The summed E-state index contributed by atoms with van der Waals surface area (Å²) in [5.74, 6) is -0.445. The fourth-order valence-corrected chi connectivity index (χ4v) is 2.40. The van der Waals surface area contributed by atoms with E-state index in [-0.39, 0.29) is 5.57 Å². The molecule has 25 heavy (non-hydrogen) atoms. The molecule has 0 atom stereocenters. The van der Waals surface area contributed by atoms with Crippen LogP contribution in [0.4, 0.5) is 0 Å². The summed E-state index contributed by atoms with van der Waals surface area (Å²) in [7, 11) is 3.03. The zero-order valence-corrected chi connectivity index (χ0v) is 13.7. The van der Waals surface area contributed by atoms with Crippen LogP contribution in [-0.2, 0) is 19.1 Å². The van der Waals surface area contributed by atoms with E-state index in [9.17, 15) is 9.59 Å². The van der Waals surface area contributed by atoms with Crippen molar-refractivity contribution in [3.05, 3.63) is 65.2 Å². The first-order chi connectivity index (χ1) is 12.1. The Kier molecular flexibility index (Phi) is 4.70. The molecule has 0 spiro atoms. The number of hydrogen-bond acceptors (Lipinski definition) is 6. The average Bonchev–Trinajstić information content (AvgIpc) is 2.65. The summed E-state index contributed by atoms with van der Waals surface area (Å²) < 4.78 is 20.8. The number of ether oxygens (including phenoxy) is 4. The van der Waals surface area contributed by atoms with Gasteiger partial charge in [0.1, 0.15) is 5.57 Å². The second-order valence-electron chi connectivity index (χ2n) is 5.23. The lowest BCUT2D eigenvalue weighted by Gasteiger charge is -2.24. The number of cyclic esters (lactones) is 2. The van der Waals surface area contributed by atoms with Crippen molar-refractivity contribution in [1.82, 2.24) is 0 Å². The van der Waals surface area contributed by atoms with Crippen molar-refractivity contribution in [1.29, 1.82) is 0 Å². The molecule has 0 aliphatic carbocycles. The van der Waals surface area contributed by atoms with Gasteiger partial charge in [-0.3, -0.25) is 0 Å². The van der Waals surface area contributed by atoms with Gasteiger partial charge >= 0.3 is 11.9 Å². The highest BCUT2D eigenvalue weighted by molar-refractivity contribution is 6.18. The highest BCUT2D eigenvalue weighted by Gasteiger charge is 2.34. The lowest BCUT2D eigenvalue weighted by molar-refractivity contribution is -0.195. The van der Waals surface area contributed by atoms with Gasteiger partial charge in [0.15, 0.2) is 11.5 Å². The first-order valence-corrected chi connectivity index (χ1v) is 7.53.